The molecule has 0 unspecified atom stereocenters. The summed E-state index contributed by atoms with van der Waals surface area (Å²) in [6, 6.07) is 3.59. The summed E-state index contributed by atoms with van der Waals surface area (Å²) < 4.78 is 30.6. The summed E-state index contributed by atoms with van der Waals surface area (Å²) in [5, 5.41) is 9.02. The zero-order chi connectivity index (χ0) is 21.2. The van der Waals surface area contributed by atoms with E-state index >= 15 is 0 Å². The van der Waals surface area contributed by atoms with Crippen LogP contribution in [0.15, 0.2) is 35.5 Å². The van der Waals surface area contributed by atoms with Crippen LogP contribution < -0.4 is 5.56 Å². The number of aromatic amines is 1. The fourth-order valence-electron chi connectivity index (χ4n) is 4.87. The number of nitrogens with zero attached hydrogens (tertiary/aromatic N) is 6. The van der Waals surface area contributed by atoms with Crippen molar-refractivity contribution in [2.24, 2.45) is 0 Å². The topological polar surface area (TPSA) is 93.8 Å². The third kappa shape index (κ3) is 3.03. The maximum Gasteiger partial charge on any atom is 0.262 e. The van der Waals surface area contributed by atoms with Gasteiger partial charge in [0.15, 0.2) is 11.3 Å². The van der Waals surface area contributed by atoms with Crippen LogP contribution in [0.4, 0.5) is 8.78 Å². The maximum atomic E-state index is 13.6. The van der Waals surface area contributed by atoms with Crippen LogP contribution in [0.3, 0.4) is 0 Å². The van der Waals surface area contributed by atoms with Gasteiger partial charge in [-0.15, -0.1) is 0 Å². The summed E-state index contributed by atoms with van der Waals surface area (Å²) in [5.74, 6) is -1.81. The van der Waals surface area contributed by atoms with Gasteiger partial charge >= 0.3 is 0 Å². The zero-order valence-corrected chi connectivity index (χ0v) is 16.7. The Morgan fingerprint density at radius 2 is 1.87 bits per heavy atom. The fraction of sp³-hybridized carbons (Fsp3) is 0.476. The van der Waals surface area contributed by atoms with Gasteiger partial charge < -0.3 is 4.98 Å². The molecule has 2 aliphatic rings. The number of hydrogen-bond acceptors (Lipinski definition) is 5. The molecular formula is C21H21F2N7O. The Labute approximate surface area is 175 Å². The normalized spacial score (nSPS) is 23.9. The van der Waals surface area contributed by atoms with E-state index in [9.17, 15) is 13.6 Å². The number of hydrogen-bond donors (Lipinski definition) is 1. The molecule has 10 heteroatoms. The first-order chi connectivity index (χ1) is 15.0. The molecule has 2 fully saturated rings. The van der Waals surface area contributed by atoms with Crippen molar-refractivity contribution in [3.63, 3.8) is 0 Å². The van der Waals surface area contributed by atoms with Gasteiger partial charge in [0.2, 0.25) is 5.92 Å². The highest BCUT2D eigenvalue weighted by molar-refractivity contribution is 5.73. The van der Waals surface area contributed by atoms with Crippen molar-refractivity contribution in [2.45, 2.75) is 62.3 Å². The Hall–Kier alpha value is -3.17. The fourth-order valence-corrected chi connectivity index (χ4v) is 4.87. The lowest BCUT2D eigenvalue weighted by atomic mass is 9.71. The summed E-state index contributed by atoms with van der Waals surface area (Å²) >= 11 is 0. The summed E-state index contributed by atoms with van der Waals surface area (Å²) in [7, 11) is 0. The van der Waals surface area contributed by atoms with E-state index < -0.39 is 5.92 Å². The van der Waals surface area contributed by atoms with Gasteiger partial charge in [-0.1, -0.05) is 0 Å². The van der Waals surface area contributed by atoms with Crippen LogP contribution in [0.5, 0.6) is 0 Å². The molecule has 4 aromatic heterocycles. The van der Waals surface area contributed by atoms with E-state index in [0.717, 1.165) is 24.2 Å². The smallest absolute Gasteiger partial charge is 0.262 e. The van der Waals surface area contributed by atoms with Crippen molar-refractivity contribution in [1.82, 2.24) is 34.3 Å². The minimum Gasteiger partial charge on any atom is -0.310 e. The summed E-state index contributed by atoms with van der Waals surface area (Å²) in [4.78, 5) is 25.1. The molecule has 0 aliphatic heterocycles. The van der Waals surface area contributed by atoms with Crippen LogP contribution in [-0.2, 0) is 0 Å². The first kappa shape index (κ1) is 18.6. The largest absolute Gasteiger partial charge is 0.310 e. The van der Waals surface area contributed by atoms with E-state index in [1.165, 1.54) is 6.20 Å². The van der Waals surface area contributed by atoms with Crippen LogP contribution in [0.25, 0.3) is 16.7 Å². The van der Waals surface area contributed by atoms with Crippen molar-refractivity contribution in [1.29, 1.82) is 0 Å². The van der Waals surface area contributed by atoms with E-state index in [4.69, 9.17) is 4.98 Å². The third-order valence-electron chi connectivity index (χ3n) is 6.78. The first-order valence-electron chi connectivity index (χ1n) is 10.6. The van der Waals surface area contributed by atoms with Gasteiger partial charge in [-0.3, -0.25) is 4.79 Å². The van der Waals surface area contributed by atoms with Gasteiger partial charge in [-0.25, -0.2) is 27.9 Å². The molecule has 0 saturated heterocycles. The molecule has 8 nitrogen and oxygen atoms in total. The lowest BCUT2D eigenvalue weighted by molar-refractivity contribution is -0.0446. The predicted molar refractivity (Wildman–Crippen MR) is 108 cm³/mol. The number of fused-ring (bicyclic) bond motifs is 2. The van der Waals surface area contributed by atoms with Crippen molar-refractivity contribution in [2.75, 3.05) is 0 Å². The second kappa shape index (κ2) is 6.66. The average molecular weight is 425 g/mol. The predicted octanol–water partition coefficient (Wildman–Crippen LogP) is 3.57. The molecule has 0 aromatic carbocycles. The highest BCUT2D eigenvalue weighted by Crippen LogP contribution is 2.47. The van der Waals surface area contributed by atoms with E-state index in [1.807, 2.05) is 18.3 Å². The van der Waals surface area contributed by atoms with Gasteiger partial charge in [-0.2, -0.15) is 10.2 Å². The molecule has 2 atom stereocenters. The molecule has 1 N–H and O–H groups in total. The summed E-state index contributed by atoms with van der Waals surface area (Å²) in [5.41, 5.74) is 1.96. The minimum absolute atomic E-state index is 0.0426. The first-order valence-corrected chi connectivity index (χ1v) is 10.6. The molecule has 4 aromatic rings. The van der Waals surface area contributed by atoms with Crippen LogP contribution >= 0.6 is 0 Å². The Kier molecular flexibility index (Phi) is 4.00. The second-order valence-corrected chi connectivity index (χ2v) is 8.65. The number of nitrogens with one attached hydrogen (secondary N) is 1. The van der Waals surface area contributed by atoms with Gasteiger partial charge in [0, 0.05) is 30.9 Å². The van der Waals surface area contributed by atoms with E-state index in [2.05, 4.69) is 20.2 Å². The Bertz CT molecular complexity index is 1300. The van der Waals surface area contributed by atoms with Crippen LogP contribution in [0, 0.1) is 0 Å². The Balaban J connectivity index is 1.35. The molecule has 160 valence electrons. The lowest BCUT2D eigenvalue weighted by Gasteiger charge is -2.34. The quantitative estimate of drug-likeness (QED) is 0.542. The molecule has 4 heterocycles. The number of halogens is 2. The van der Waals surface area contributed by atoms with Crippen molar-refractivity contribution < 1.29 is 8.78 Å². The molecule has 0 radical (unpaired) electrons. The van der Waals surface area contributed by atoms with Gasteiger partial charge in [0.25, 0.3) is 5.56 Å². The Morgan fingerprint density at radius 3 is 2.61 bits per heavy atom. The van der Waals surface area contributed by atoms with E-state index in [-0.39, 0.29) is 36.3 Å². The van der Waals surface area contributed by atoms with E-state index in [0.29, 0.717) is 29.7 Å². The number of alkyl halides is 2. The van der Waals surface area contributed by atoms with E-state index in [1.54, 1.807) is 15.4 Å². The number of rotatable bonds is 3. The molecule has 2 saturated carbocycles. The molecule has 0 spiro atoms. The average Bonchev–Trinajstić information content (AvgIpc) is 3.31. The second-order valence-electron chi connectivity index (χ2n) is 8.65. The van der Waals surface area contributed by atoms with Gasteiger partial charge in [-0.05, 0) is 37.8 Å². The van der Waals surface area contributed by atoms with Crippen LogP contribution in [0.2, 0.25) is 0 Å². The van der Waals surface area contributed by atoms with Crippen molar-refractivity contribution in [3.8, 4) is 0 Å². The van der Waals surface area contributed by atoms with Crippen molar-refractivity contribution in [3.05, 3.63) is 52.6 Å². The monoisotopic (exact) mass is 425 g/mol. The molecule has 31 heavy (non-hydrogen) atoms. The highest BCUT2D eigenvalue weighted by atomic mass is 19.3. The Morgan fingerprint density at radius 1 is 1.06 bits per heavy atom. The lowest BCUT2D eigenvalue weighted by Crippen LogP contribution is -2.28. The third-order valence-corrected chi connectivity index (χ3v) is 6.78. The number of aromatic nitrogens is 7. The van der Waals surface area contributed by atoms with Gasteiger partial charge in [0.05, 0.1) is 24.1 Å². The number of H-pyrrole nitrogens is 1. The molecule has 0 bridgehead atoms. The summed E-state index contributed by atoms with van der Waals surface area (Å²) in [6.07, 6.45) is 7.30. The van der Waals surface area contributed by atoms with Crippen LogP contribution in [0.1, 0.15) is 67.9 Å². The molecule has 2 aliphatic carbocycles. The summed E-state index contributed by atoms with van der Waals surface area (Å²) in [6.45, 7) is 0. The van der Waals surface area contributed by atoms with Crippen molar-refractivity contribution >= 4 is 16.7 Å². The standard InChI is InChI=1S/C21H21F2N7O/c22-21(23)7-5-12(6-8-21)30-19-15(10-25-30)20(31)28-18(27-19)14-4-3-13(14)16-11-29-17(26-16)2-1-9-24-29/h1-2,9-14H,3-8H2,(H,27,28,31)/t13-,14+/m0/s1. The zero-order valence-electron chi connectivity index (χ0n) is 16.7. The minimum atomic E-state index is -2.61. The van der Waals surface area contributed by atoms with Crippen LogP contribution in [-0.4, -0.2) is 40.3 Å². The number of imidazole rings is 1. The maximum absolute atomic E-state index is 13.6. The highest BCUT2D eigenvalue weighted by Gasteiger charge is 2.39. The SMILES string of the molecule is O=c1[nH]c([C@@H]2CC[C@@H]2c2cn3ncccc3n2)nc2c1cnn2C1CCC(F)(F)CC1. The molecular weight excluding hydrogens is 404 g/mol. The molecule has 0 amide bonds. The molecule has 6 rings (SSSR count). The van der Waals surface area contributed by atoms with Gasteiger partial charge in [0.1, 0.15) is 11.2 Å².